The summed E-state index contributed by atoms with van der Waals surface area (Å²) in [5, 5.41) is 23.1. The van der Waals surface area contributed by atoms with Crippen LogP contribution in [-0.2, 0) is 43.5 Å². The van der Waals surface area contributed by atoms with Crippen LogP contribution >= 0.6 is 0 Å². The quantitative estimate of drug-likeness (QED) is 0.0332. The van der Waals surface area contributed by atoms with Gasteiger partial charge in [0.05, 0.1) is 6.61 Å². The number of carbonyl (C=O) groups is 6. The lowest BCUT2D eigenvalue weighted by atomic mass is 10.0. The Morgan fingerprint density at radius 3 is 1.55 bits per heavy atom. The summed E-state index contributed by atoms with van der Waals surface area (Å²) in [6.07, 6.45) is 18.3. The Morgan fingerprint density at radius 1 is 0.574 bits per heavy atom. The van der Waals surface area contributed by atoms with Crippen LogP contribution < -0.4 is 21.6 Å². The molecule has 0 spiro atoms. The van der Waals surface area contributed by atoms with E-state index in [1.165, 1.54) is 57.8 Å². The van der Waals surface area contributed by atoms with Crippen LogP contribution in [0.15, 0.2) is 0 Å². The van der Waals surface area contributed by atoms with Gasteiger partial charge in [0, 0.05) is 32.2 Å². The minimum absolute atomic E-state index is 0.0501. The number of hydroxylamine groups is 2. The van der Waals surface area contributed by atoms with E-state index in [-0.39, 0.29) is 51.2 Å². The molecule has 0 saturated heterocycles. The molecule has 0 aromatic heterocycles. The summed E-state index contributed by atoms with van der Waals surface area (Å²) in [5.74, 6) is -3.82. The van der Waals surface area contributed by atoms with E-state index in [0.29, 0.717) is 6.42 Å². The predicted molar refractivity (Wildman–Crippen MR) is 172 cm³/mol. The summed E-state index contributed by atoms with van der Waals surface area (Å²) in [4.78, 5) is 82.4. The van der Waals surface area contributed by atoms with Crippen LogP contribution in [0.5, 0.6) is 0 Å². The number of rotatable bonds is 33. The fourth-order valence-corrected chi connectivity index (χ4v) is 4.55. The molecule has 15 nitrogen and oxygen atoms in total. The summed E-state index contributed by atoms with van der Waals surface area (Å²) in [5.41, 5.74) is 3.89. The second kappa shape index (κ2) is 31.3. The summed E-state index contributed by atoms with van der Waals surface area (Å²) in [7, 11) is 0. The molecule has 0 aliphatic heterocycles. The number of hydrogen-bond acceptors (Lipinski definition) is 9. The van der Waals surface area contributed by atoms with Gasteiger partial charge in [-0.2, -0.15) is 4.94 Å². The maximum atomic E-state index is 12.2. The van der Waals surface area contributed by atoms with Gasteiger partial charge in [-0.25, -0.2) is 25.5 Å². The molecule has 0 aromatic rings. The zero-order valence-corrected chi connectivity index (χ0v) is 28.1. The van der Waals surface area contributed by atoms with Crippen molar-refractivity contribution in [2.45, 2.75) is 148 Å². The van der Waals surface area contributed by atoms with Gasteiger partial charge in [0.25, 0.3) is 5.91 Å². The van der Waals surface area contributed by atoms with Crippen LogP contribution in [0, 0.1) is 0 Å². The van der Waals surface area contributed by atoms with Gasteiger partial charge in [-0.3, -0.25) is 24.0 Å². The molecule has 272 valence electrons. The molecule has 0 aromatic carbocycles. The zero-order chi connectivity index (χ0) is 35.0. The molecule has 6 N–H and O–H groups in total. The minimum Gasteiger partial charge on any atom is -0.481 e. The Balaban J connectivity index is 3.68. The van der Waals surface area contributed by atoms with Gasteiger partial charge in [0.2, 0.25) is 17.7 Å². The van der Waals surface area contributed by atoms with Crippen molar-refractivity contribution < 1.29 is 53.7 Å². The third-order valence-corrected chi connectivity index (χ3v) is 7.27. The van der Waals surface area contributed by atoms with Crippen LogP contribution in [0.1, 0.15) is 142 Å². The molecule has 0 heterocycles. The van der Waals surface area contributed by atoms with Crippen LogP contribution in [0.2, 0.25) is 0 Å². The van der Waals surface area contributed by atoms with E-state index in [2.05, 4.69) is 20.5 Å². The predicted octanol–water partition coefficient (Wildman–Crippen LogP) is 4.00. The summed E-state index contributed by atoms with van der Waals surface area (Å²) in [6, 6.07) is -1.16. The van der Waals surface area contributed by atoms with Crippen LogP contribution in [0.3, 0.4) is 0 Å². The lowest BCUT2D eigenvalue weighted by Gasteiger charge is -2.14. The summed E-state index contributed by atoms with van der Waals surface area (Å²) >= 11 is 0. The highest BCUT2D eigenvalue weighted by molar-refractivity contribution is 5.84. The van der Waals surface area contributed by atoms with Crippen molar-refractivity contribution in [2.75, 3.05) is 19.8 Å². The Hall–Kier alpha value is -3.30. The molecule has 47 heavy (non-hydrogen) atoms. The van der Waals surface area contributed by atoms with Gasteiger partial charge >= 0.3 is 11.9 Å². The molecule has 1 atom stereocenters. The average molecular weight is 675 g/mol. The highest BCUT2D eigenvalue weighted by Gasteiger charge is 2.20. The molecule has 4 amide bonds. The van der Waals surface area contributed by atoms with Crippen molar-refractivity contribution in [3.8, 4) is 0 Å². The van der Waals surface area contributed by atoms with E-state index < -0.39 is 42.3 Å². The van der Waals surface area contributed by atoms with Gasteiger partial charge in [-0.05, 0) is 19.3 Å². The number of carboxylic acid groups (broad SMARTS) is 2. The first kappa shape index (κ1) is 43.7. The number of amides is 4. The first-order chi connectivity index (χ1) is 22.6. The molecule has 1 unspecified atom stereocenters. The average Bonchev–Trinajstić information content (AvgIpc) is 3.03. The largest absolute Gasteiger partial charge is 0.481 e. The van der Waals surface area contributed by atoms with E-state index in [1.54, 1.807) is 6.92 Å². The Kier molecular flexibility index (Phi) is 29.1. The topological polar surface area (TPSA) is 219 Å². The monoisotopic (exact) mass is 674 g/mol. The van der Waals surface area contributed by atoms with Crippen LogP contribution in [-0.4, -0.2) is 71.6 Å². The lowest BCUT2D eigenvalue weighted by molar-refractivity contribution is -0.289. The van der Waals surface area contributed by atoms with Gasteiger partial charge in [0.1, 0.15) is 6.04 Å². The molecule has 0 aliphatic carbocycles. The van der Waals surface area contributed by atoms with E-state index in [9.17, 15) is 33.9 Å². The zero-order valence-electron chi connectivity index (χ0n) is 28.1. The van der Waals surface area contributed by atoms with Gasteiger partial charge in [-0.15, -0.1) is 0 Å². The highest BCUT2D eigenvalue weighted by Crippen LogP contribution is 2.14. The van der Waals surface area contributed by atoms with Crippen LogP contribution in [0.4, 0.5) is 0 Å². The van der Waals surface area contributed by atoms with E-state index in [1.807, 2.05) is 11.0 Å². The number of unbranched alkanes of at least 4 members (excludes halogenated alkanes) is 15. The number of carboxylic acids is 2. The van der Waals surface area contributed by atoms with E-state index in [0.717, 1.165) is 38.5 Å². The Bertz CT molecular complexity index is 889. The number of hydrogen-bond donors (Lipinski definition) is 6. The van der Waals surface area contributed by atoms with Gasteiger partial charge in [-0.1, -0.05) is 96.8 Å². The van der Waals surface area contributed by atoms with E-state index >= 15 is 0 Å². The molecule has 0 rings (SSSR count). The van der Waals surface area contributed by atoms with Gasteiger partial charge < -0.3 is 20.8 Å². The number of aliphatic carboxylic acids is 2. The number of carbonyl (C=O) groups excluding carboxylic acids is 4. The van der Waals surface area contributed by atoms with Crippen molar-refractivity contribution in [3.63, 3.8) is 0 Å². The summed E-state index contributed by atoms with van der Waals surface area (Å²) in [6.45, 7) is 1.07. The second-order valence-electron chi connectivity index (χ2n) is 11.5. The van der Waals surface area contributed by atoms with Gasteiger partial charge in [0.15, 0.2) is 6.61 Å². The third-order valence-electron chi connectivity index (χ3n) is 7.27. The SMILES string of the molecule is CCC(=O)NONC(=O)COOCCNC(=O)CCC(NC(=O)CCCCCCCCCCCCCCCCCCC(=O)O)C(=O)O. The fraction of sp³-hybridized carbons (Fsp3) is 0.812. The maximum Gasteiger partial charge on any atom is 0.326 e. The first-order valence-corrected chi connectivity index (χ1v) is 17.1. The van der Waals surface area contributed by atoms with Crippen molar-refractivity contribution in [1.82, 2.24) is 21.6 Å². The molecule has 0 fully saturated rings. The standard InChI is InChI=1S/C32H58N4O11/c1-2-27(37)35-47-36-30(40)25-46-45-24-23-33-28(38)22-21-26(32(43)44)34-29(39)19-17-15-13-11-9-7-5-3-4-6-8-10-12-14-16-18-20-31(41)42/h26H,2-25H2,1H3,(H,33,38)(H,34,39)(H,35,37)(H,36,40)(H,41,42)(H,43,44). The minimum atomic E-state index is -1.20. The lowest BCUT2D eigenvalue weighted by Crippen LogP contribution is -2.41. The Labute approximate surface area is 278 Å². The number of nitrogens with one attached hydrogen (secondary N) is 4. The molecular weight excluding hydrogens is 616 g/mol. The smallest absolute Gasteiger partial charge is 0.326 e. The van der Waals surface area contributed by atoms with Crippen LogP contribution in [0.25, 0.3) is 0 Å². The molecular formula is C32H58N4O11. The second-order valence-corrected chi connectivity index (χ2v) is 11.5. The molecule has 0 radical (unpaired) electrons. The van der Waals surface area contributed by atoms with Crippen molar-refractivity contribution >= 4 is 35.6 Å². The molecule has 0 aliphatic rings. The first-order valence-electron chi connectivity index (χ1n) is 17.1. The maximum absolute atomic E-state index is 12.2. The third kappa shape index (κ3) is 31.1. The van der Waals surface area contributed by atoms with Crippen molar-refractivity contribution in [2.24, 2.45) is 0 Å². The summed E-state index contributed by atoms with van der Waals surface area (Å²) < 4.78 is 0. The fourth-order valence-electron chi connectivity index (χ4n) is 4.55. The van der Waals surface area contributed by atoms with Crippen molar-refractivity contribution in [3.05, 3.63) is 0 Å². The molecule has 15 heteroatoms. The Morgan fingerprint density at radius 2 is 1.06 bits per heavy atom. The van der Waals surface area contributed by atoms with Crippen molar-refractivity contribution in [1.29, 1.82) is 0 Å². The van der Waals surface area contributed by atoms with E-state index in [4.69, 9.17) is 9.99 Å². The highest BCUT2D eigenvalue weighted by atomic mass is 17.2. The molecule has 0 bridgehead atoms. The molecule has 0 saturated carbocycles. The normalized spacial score (nSPS) is 11.4.